The van der Waals surface area contributed by atoms with Crippen molar-refractivity contribution in [2.24, 2.45) is 0 Å². The molecule has 134 valence electrons. The second-order valence-corrected chi connectivity index (χ2v) is 5.23. The second kappa shape index (κ2) is 13.5. The average molecular weight is 382 g/mol. The van der Waals surface area contributed by atoms with E-state index in [2.05, 4.69) is 112 Å². The number of fused-ring (bicyclic) bond motifs is 1. The predicted molar refractivity (Wildman–Crippen MR) is 127 cm³/mol. The van der Waals surface area contributed by atoms with Crippen LogP contribution in [-0.2, 0) is 0 Å². The minimum atomic E-state index is 0.748. The lowest BCUT2D eigenvalue weighted by Crippen LogP contribution is -1.86. The van der Waals surface area contributed by atoms with Crippen molar-refractivity contribution in [2.45, 2.75) is 6.92 Å². The lowest BCUT2D eigenvalue weighted by molar-refractivity contribution is 1.64. The summed E-state index contributed by atoms with van der Waals surface area (Å²) < 4.78 is 0. The summed E-state index contributed by atoms with van der Waals surface area (Å²) in [7, 11) is 0. The molecule has 0 radical (unpaired) electrons. The van der Waals surface area contributed by atoms with E-state index in [1.165, 1.54) is 0 Å². The molecule has 0 aliphatic heterocycles. The average Bonchev–Trinajstić information content (AvgIpc) is 2.80. The van der Waals surface area contributed by atoms with Gasteiger partial charge in [-0.2, -0.15) is 0 Å². The first-order valence-electron chi connectivity index (χ1n) is 8.78. The topological polar surface area (TPSA) is 0 Å². The van der Waals surface area contributed by atoms with Crippen LogP contribution in [0.2, 0.25) is 0 Å². The van der Waals surface area contributed by atoms with Gasteiger partial charge in [0.1, 0.15) is 0 Å². The minimum absolute atomic E-state index is 0.748. The molecule has 0 amide bonds. The molecule has 0 bridgehead atoms. The molecule has 2 aromatic carbocycles. The van der Waals surface area contributed by atoms with Gasteiger partial charge in [-0.15, -0.1) is 6.42 Å². The Morgan fingerprint density at radius 2 is 1.10 bits per heavy atom. The second-order valence-electron chi connectivity index (χ2n) is 5.23. The van der Waals surface area contributed by atoms with Crippen molar-refractivity contribution in [1.82, 2.24) is 0 Å². The Labute approximate surface area is 184 Å². The van der Waals surface area contributed by atoms with Crippen LogP contribution in [0.1, 0.15) is 18.1 Å². The zero-order valence-corrected chi connectivity index (χ0v) is 16.5. The predicted octanol–water partition coefficient (Wildman–Crippen LogP) is 3.22. The van der Waals surface area contributed by atoms with Gasteiger partial charge < -0.3 is 0 Å². The third-order valence-electron chi connectivity index (χ3n) is 3.32. The zero-order chi connectivity index (χ0) is 22.0. The summed E-state index contributed by atoms with van der Waals surface area (Å²) >= 11 is 0. The van der Waals surface area contributed by atoms with Crippen LogP contribution in [0.3, 0.4) is 0 Å². The molecule has 0 atom stereocenters. The summed E-state index contributed by atoms with van der Waals surface area (Å²) in [5.41, 5.74) is 1.52. The Balaban J connectivity index is 2.36. The molecule has 31 heavy (non-hydrogen) atoms. The first-order chi connectivity index (χ1) is 15.4. The van der Waals surface area contributed by atoms with E-state index in [9.17, 15) is 0 Å². The Kier molecular flexibility index (Phi) is 9.38. The Hall–Kier alpha value is -5.70. The number of terminal acetylenes is 1. The van der Waals surface area contributed by atoms with Crippen molar-refractivity contribution in [2.75, 3.05) is 0 Å². The molecule has 2 rings (SSSR count). The van der Waals surface area contributed by atoms with Crippen LogP contribution in [0.4, 0.5) is 0 Å². The van der Waals surface area contributed by atoms with Crippen LogP contribution in [0.25, 0.3) is 10.8 Å². The van der Waals surface area contributed by atoms with Gasteiger partial charge >= 0.3 is 0 Å². The molecule has 0 aromatic heterocycles. The van der Waals surface area contributed by atoms with Gasteiger partial charge in [0.2, 0.25) is 0 Å². The van der Waals surface area contributed by atoms with E-state index < -0.39 is 0 Å². The third-order valence-corrected chi connectivity index (χ3v) is 3.32. The molecule has 0 aliphatic carbocycles. The van der Waals surface area contributed by atoms with E-state index >= 15 is 0 Å². The molecular formula is C31H10. The summed E-state index contributed by atoms with van der Waals surface area (Å²) in [4.78, 5) is 0. The number of rotatable bonds is 0. The van der Waals surface area contributed by atoms with E-state index in [0.717, 1.165) is 21.9 Å². The van der Waals surface area contributed by atoms with E-state index in [0.29, 0.717) is 0 Å². The molecule has 0 nitrogen and oxygen atoms in total. The van der Waals surface area contributed by atoms with Crippen LogP contribution in [0, 0.1) is 119 Å². The van der Waals surface area contributed by atoms with Crippen LogP contribution in [-0.4, -0.2) is 0 Å². The monoisotopic (exact) mass is 382 g/mol. The largest absolute Gasteiger partial charge is 0.106 e. The van der Waals surface area contributed by atoms with E-state index in [1.807, 2.05) is 36.4 Å². The molecule has 0 unspecified atom stereocenters. The van der Waals surface area contributed by atoms with Crippen LogP contribution >= 0.6 is 0 Å². The molecule has 0 saturated heterocycles. The Bertz CT molecular complexity index is 1630. The highest BCUT2D eigenvalue weighted by Gasteiger charge is 2.03. The van der Waals surface area contributed by atoms with Crippen molar-refractivity contribution in [3.8, 4) is 119 Å². The third kappa shape index (κ3) is 7.82. The van der Waals surface area contributed by atoms with Crippen molar-refractivity contribution in [1.29, 1.82) is 0 Å². The summed E-state index contributed by atoms with van der Waals surface area (Å²) in [6.45, 7) is 1.71. The van der Waals surface area contributed by atoms with Gasteiger partial charge in [-0.25, -0.2) is 0 Å². The van der Waals surface area contributed by atoms with Crippen LogP contribution in [0.15, 0.2) is 36.4 Å². The molecular weight excluding hydrogens is 372 g/mol. The smallest absolute Gasteiger partial charge is 0.0490 e. The van der Waals surface area contributed by atoms with E-state index in [1.54, 1.807) is 6.92 Å². The highest BCUT2D eigenvalue weighted by Crippen LogP contribution is 2.21. The first-order valence-corrected chi connectivity index (χ1v) is 8.78. The number of hydrogen-bond donors (Lipinski definition) is 0. The maximum Gasteiger partial charge on any atom is 0.0490 e. The van der Waals surface area contributed by atoms with Crippen LogP contribution < -0.4 is 0 Å². The molecule has 0 aliphatic rings. The number of hydrogen-bond acceptors (Lipinski definition) is 0. The maximum absolute atomic E-state index is 5.00. The van der Waals surface area contributed by atoms with Gasteiger partial charge in [-0.3, -0.25) is 0 Å². The lowest BCUT2D eigenvalue weighted by atomic mass is 9.99. The fourth-order valence-electron chi connectivity index (χ4n) is 2.15. The van der Waals surface area contributed by atoms with E-state index in [-0.39, 0.29) is 0 Å². The quantitative estimate of drug-likeness (QED) is 0.614. The van der Waals surface area contributed by atoms with Crippen molar-refractivity contribution >= 4 is 10.8 Å². The molecule has 2 aromatic rings. The maximum atomic E-state index is 5.00. The van der Waals surface area contributed by atoms with Gasteiger partial charge in [0.05, 0.1) is 0 Å². The highest BCUT2D eigenvalue weighted by atomic mass is 14.0. The Morgan fingerprint density at radius 3 is 1.74 bits per heavy atom. The summed E-state index contributed by atoms with van der Waals surface area (Å²) in [5.74, 6) is 50.1. The summed E-state index contributed by atoms with van der Waals surface area (Å²) in [6, 6.07) is 11.8. The standard InChI is InChI=1S/C31H10/c1-3-5-7-9-11-13-15-17-19-24-30-28(22-18-16-14-12-10-8-6-4-2)26-27-29-23-20-21-25-31(29)30/h2,20-21,23,25-27H,1H3. The molecule has 0 N–H and O–H groups in total. The van der Waals surface area contributed by atoms with E-state index in [4.69, 9.17) is 6.42 Å². The normalized spacial score (nSPS) is 6.45. The van der Waals surface area contributed by atoms with Crippen LogP contribution in [0.5, 0.6) is 0 Å². The zero-order valence-electron chi connectivity index (χ0n) is 16.5. The minimum Gasteiger partial charge on any atom is -0.106 e. The number of benzene rings is 2. The van der Waals surface area contributed by atoms with Crippen molar-refractivity contribution < 1.29 is 0 Å². The van der Waals surface area contributed by atoms with Crippen molar-refractivity contribution in [3.05, 3.63) is 47.5 Å². The lowest BCUT2D eigenvalue weighted by Gasteiger charge is -2.03. The van der Waals surface area contributed by atoms with Crippen molar-refractivity contribution in [3.63, 3.8) is 0 Å². The summed E-state index contributed by atoms with van der Waals surface area (Å²) in [6.07, 6.45) is 5.00. The fourth-order valence-corrected chi connectivity index (χ4v) is 2.15. The molecule has 0 heteroatoms. The molecule has 0 spiro atoms. The molecule has 0 heterocycles. The fraction of sp³-hybridized carbons (Fsp3) is 0.0323. The molecule has 0 fully saturated rings. The molecule has 0 saturated carbocycles. The SMILES string of the molecule is C#CC#CC#CC#CC#Cc1ccc2ccccc2c1C#CC#CC#CC#CC#CC. The van der Waals surface area contributed by atoms with Gasteiger partial charge in [-0.05, 0) is 118 Å². The van der Waals surface area contributed by atoms with Gasteiger partial charge in [-0.1, -0.05) is 48.1 Å². The highest BCUT2D eigenvalue weighted by molar-refractivity contribution is 5.90. The first kappa shape index (κ1) is 21.6. The van der Waals surface area contributed by atoms with Gasteiger partial charge in [0.15, 0.2) is 0 Å². The summed E-state index contributed by atoms with van der Waals surface area (Å²) in [5, 5.41) is 2.04. The Morgan fingerprint density at radius 1 is 0.548 bits per heavy atom. The van der Waals surface area contributed by atoms with Gasteiger partial charge in [0.25, 0.3) is 0 Å². The van der Waals surface area contributed by atoms with Gasteiger partial charge in [0, 0.05) is 11.1 Å².